The second-order valence-electron chi connectivity index (χ2n) is 6.50. The zero-order valence-electron chi connectivity index (χ0n) is 14.9. The summed E-state index contributed by atoms with van der Waals surface area (Å²) >= 11 is 6.41. The predicted octanol–water partition coefficient (Wildman–Crippen LogP) is 3.01. The Kier molecular flexibility index (Phi) is 4.57. The Morgan fingerprint density at radius 2 is 1.93 bits per heavy atom. The first-order valence-corrected chi connectivity index (χ1v) is 10.5. The maximum atomic E-state index is 12.0. The number of aryl methyl sites for hydroxylation is 1. The molecule has 0 aliphatic carbocycles. The van der Waals surface area contributed by atoms with E-state index < -0.39 is 15.6 Å². The molecule has 0 amide bonds. The molecule has 0 radical (unpaired) electrons. The molecule has 0 fully saturated rings. The monoisotopic (exact) mass is 420 g/mol. The van der Waals surface area contributed by atoms with Crippen LogP contribution in [0.5, 0.6) is 5.75 Å². The van der Waals surface area contributed by atoms with Gasteiger partial charge in [-0.15, -0.1) is 0 Å². The molecule has 2 heterocycles. The van der Waals surface area contributed by atoms with Crippen molar-refractivity contribution in [2.24, 2.45) is 5.14 Å². The molecule has 7 nitrogen and oxygen atoms in total. The Bertz CT molecular complexity index is 1240. The van der Waals surface area contributed by atoms with Crippen molar-refractivity contribution in [3.05, 3.63) is 63.0 Å². The molecule has 0 saturated carbocycles. The standard InChI is InChI=1S/C19H17ClN2O5S/c1-2-11-7-17(23)27-18-14(11)8-16(20)19-15(18)9-22(10-26-19)12-3-5-13(6-4-12)28(21,24)25/h3-8H,2,9-10H2,1H3,(H2,21,24,25). The Balaban J connectivity index is 1.80. The van der Waals surface area contributed by atoms with Gasteiger partial charge in [0.1, 0.15) is 11.3 Å². The van der Waals surface area contributed by atoms with E-state index >= 15 is 0 Å². The SMILES string of the molecule is CCc1cc(=O)oc2c3c(c(Cl)cc12)OCN(c1ccc(S(N)(=O)=O)cc1)C3. The summed E-state index contributed by atoms with van der Waals surface area (Å²) in [5.74, 6) is 0.489. The number of nitrogens with two attached hydrogens (primary N) is 1. The van der Waals surface area contributed by atoms with E-state index in [4.69, 9.17) is 25.9 Å². The summed E-state index contributed by atoms with van der Waals surface area (Å²) in [6.07, 6.45) is 0.664. The van der Waals surface area contributed by atoms with Gasteiger partial charge in [0, 0.05) is 17.1 Å². The number of anilines is 1. The highest BCUT2D eigenvalue weighted by Crippen LogP contribution is 2.40. The van der Waals surface area contributed by atoms with E-state index in [1.165, 1.54) is 18.2 Å². The Morgan fingerprint density at radius 3 is 2.57 bits per heavy atom. The second kappa shape index (κ2) is 6.80. The van der Waals surface area contributed by atoms with Gasteiger partial charge in [0.25, 0.3) is 0 Å². The van der Waals surface area contributed by atoms with Gasteiger partial charge in [-0.3, -0.25) is 0 Å². The van der Waals surface area contributed by atoms with E-state index in [0.29, 0.717) is 34.9 Å². The maximum Gasteiger partial charge on any atom is 0.336 e. The average Bonchev–Trinajstić information content (AvgIpc) is 2.67. The van der Waals surface area contributed by atoms with Crippen molar-refractivity contribution in [2.45, 2.75) is 24.8 Å². The topological polar surface area (TPSA) is 103 Å². The summed E-state index contributed by atoms with van der Waals surface area (Å²) in [5, 5.41) is 6.38. The highest BCUT2D eigenvalue weighted by Gasteiger charge is 2.25. The van der Waals surface area contributed by atoms with E-state index in [9.17, 15) is 13.2 Å². The molecule has 1 aromatic heterocycles. The van der Waals surface area contributed by atoms with E-state index in [0.717, 1.165) is 16.6 Å². The van der Waals surface area contributed by atoms with Crippen LogP contribution in [0.15, 0.2) is 50.5 Å². The molecule has 1 aliphatic rings. The molecule has 0 atom stereocenters. The molecule has 28 heavy (non-hydrogen) atoms. The third-order valence-electron chi connectivity index (χ3n) is 4.75. The second-order valence-corrected chi connectivity index (χ2v) is 8.47. The summed E-state index contributed by atoms with van der Waals surface area (Å²) in [6, 6.07) is 9.40. The predicted molar refractivity (Wildman–Crippen MR) is 106 cm³/mol. The molecule has 1 aliphatic heterocycles. The van der Waals surface area contributed by atoms with Crippen LogP contribution >= 0.6 is 11.6 Å². The molecule has 9 heteroatoms. The Labute approximate surface area is 166 Å². The first kappa shape index (κ1) is 18.8. The summed E-state index contributed by atoms with van der Waals surface area (Å²) in [4.78, 5) is 13.9. The third kappa shape index (κ3) is 3.23. The summed E-state index contributed by atoms with van der Waals surface area (Å²) in [5.41, 5.74) is 2.29. The van der Waals surface area contributed by atoms with Crippen LogP contribution in [0.3, 0.4) is 0 Å². The number of nitrogens with zero attached hydrogens (tertiary/aromatic N) is 1. The molecular weight excluding hydrogens is 404 g/mol. The third-order valence-corrected chi connectivity index (χ3v) is 5.96. The fraction of sp³-hybridized carbons (Fsp3) is 0.211. The number of primary sulfonamides is 1. The fourth-order valence-electron chi connectivity index (χ4n) is 3.36. The molecule has 0 spiro atoms. The number of ether oxygens (including phenoxy) is 1. The fourth-order valence-corrected chi connectivity index (χ4v) is 4.15. The van der Waals surface area contributed by atoms with Crippen LogP contribution in [-0.2, 0) is 23.0 Å². The number of hydrogen-bond acceptors (Lipinski definition) is 6. The Morgan fingerprint density at radius 1 is 1.21 bits per heavy atom. The molecule has 4 rings (SSSR count). The number of halogens is 1. The van der Waals surface area contributed by atoms with Crippen LogP contribution in [0.2, 0.25) is 5.02 Å². The first-order chi connectivity index (χ1) is 13.3. The van der Waals surface area contributed by atoms with Gasteiger partial charge in [0.05, 0.1) is 22.0 Å². The molecule has 0 unspecified atom stereocenters. The zero-order chi connectivity index (χ0) is 20.1. The van der Waals surface area contributed by atoms with Gasteiger partial charge in [-0.05, 0) is 42.3 Å². The van der Waals surface area contributed by atoms with Crippen molar-refractivity contribution < 1.29 is 17.6 Å². The maximum absolute atomic E-state index is 12.0. The largest absolute Gasteiger partial charge is 0.471 e. The summed E-state index contributed by atoms with van der Waals surface area (Å²) < 4.78 is 34.2. The van der Waals surface area contributed by atoms with E-state index in [1.54, 1.807) is 18.2 Å². The van der Waals surface area contributed by atoms with Gasteiger partial charge in [0.2, 0.25) is 10.0 Å². The lowest BCUT2D eigenvalue weighted by Gasteiger charge is -2.31. The van der Waals surface area contributed by atoms with Crippen LogP contribution in [-0.4, -0.2) is 15.1 Å². The van der Waals surface area contributed by atoms with Gasteiger partial charge in [-0.1, -0.05) is 18.5 Å². The minimum absolute atomic E-state index is 0.0293. The highest BCUT2D eigenvalue weighted by atomic mass is 35.5. The van der Waals surface area contributed by atoms with Crippen LogP contribution in [0.1, 0.15) is 18.1 Å². The zero-order valence-corrected chi connectivity index (χ0v) is 16.5. The van der Waals surface area contributed by atoms with Crippen LogP contribution in [0, 0.1) is 0 Å². The van der Waals surface area contributed by atoms with Crippen molar-refractivity contribution in [3.63, 3.8) is 0 Å². The van der Waals surface area contributed by atoms with Gasteiger partial charge >= 0.3 is 5.63 Å². The lowest BCUT2D eigenvalue weighted by atomic mass is 10.0. The van der Waals surface area contributed by atoms with Gasteiger partial charge in [-0.2, -0.15) is 0 Å². The lowest BCUT2D eigenvalue weighted by Crippen LogP contribution is -2.32. The quantitative estimate of drug-likeness (QED) is 0.653. The van der Waals surface area contributed by atoms with Gasteiger partial charge in [0.15, 0.2) is 6.73 Å². The van der Waals surface area contributed by atoms with Crippen molar-refractivity contribution >= 4 is 38.3 Å². The number of hydrogen-bond donors (Lipinski definition) is 1. The lowest BCUT2D eigenvalue weighted by molar-refractivity contribution is 0.289. The average molecular weight is 421 g/mol. The van der Waals surface area contributed by atoms with E-state index in [2.05, 4.69) is 0 Å². The highest BCUT2D eigenvalue weighted by molar-refractivity contribution is 7.89. The molecule has 146 valence electrons. The minimum atomic E-state index is -3.76. The van der Waals surface area contributed by atoms with Crippen LogP contribution in [0.25, 0.3) is 11.0 Å². The summed E-state index contributed by atoms with van der Waals surface area (Å²) in [6.45, 7) is 2.55. The molecule has 3 aromatic rings. The molecule has 0 bridgehead atoms. The molecule has 2 N–H and O–H groups in total. The Hall–Kier alpha value is -2.55. The minimum Gasteiger partial charge on any atom is -0.471 e. The number of sulfonamides is 1. The number of benzene rings is 2. The first-order valence-electron chi connectivity index (χ1n) is 8.56. The molecular formula is C19H17ClN2O5S. The number of fused-ring (bicyclic) bond motifs is 3. The van der Waals surface area contributed by atoms with Crippen molar-refractivity contribution in [1.29, 1.82) is 0 Å². The van der Waals surface area contributed by atoms with Gasteiger partial charge < -0.3 is 14.1 Å². The van der Waals surface area contributed by atoms with E-state index in [-0.39, 0.29) is 11.6 Å². The number of rotatable bonds is 3. The molecule has 2 aromatic carbocycles. The van der Waals surface area contributed by atoms with Crippen molar-refractivity contribution in [1.82, 2.24) is 0 Å². The summed E-state index contributed by atoms with van der Waals surface area (Å²) in [7, 11) is -3.76. The normalized spacial score (nSPS) is 14.0. The smallest absolute Gasteiger partial charge is 0.336 e. The van der Waals surface area contributed by atoms with E-state index in [1.807, 2.05) is 11.8 Å². The molecule has 0 saturated heterocycles. The van der Waals surface area contributed by atoms with Crippen LogP contribution in [0.4, 0.5) is 5.69 Å². The van der Waals surface area contributed by atoms with Crippen molar-refractivity contribution in [2.75, 3.05) is 11.6 Å². The van der Waals surface area contributed by atoms with Gasteiger partial charge in [-0.25, -0.2) is 18.4 Å². The van der Waals surface area contributed by atoms with Crippen LogP contribution < -0.4 is 20.4 Å². The van der Waals surface area contributed by atoms with Crippen molar-refractivity contribution in [3.8, 4) is 5.75 Å².